The van der Waals surface area contributed by atoms with Crippen LogP contribution in [-0.2, 0) is 9.53 Å². The summed E-state index contributed by atoms with van der Waals surface area (Å²) in [5, 5.41) is 12.6. The molecule has 3 aromatic rings. The number of anilines is 1. The van der Waals surface area contributed by atoms with Gasteiger partial charge in [0, 0.05) is 16.0 Å². The van der Waals surface area contributed by atoms with Crippen molar-refractivity contribution in [1.29, 1.82) is 5.26 Å². The summed E-state index contributed by atoms with van der Waals surface area (Å²) in [4.78, 5) is 26.5. The predicted octanol–water partition coefficient (Wildman–Crippen LogP) is 5.46. The molecule has 0 bridgehead atoms. The Morgan fingerprint density at radius 1 is 1.12 bits per heavy atom. The molecule has 0 saturated heterocycles. The highest BCUT2D eigenvalue weighted by Gasteiger charge is 2.26. The van der Waals surface area contributed by atoms with E-state index in [-0.39, 0.29) is 11.1 Å². The van der Waals surface area contributed by atoms with E-state index in [1.807, 2.05) is 44.2 Å². The Bertz CT molecular complexity index is 1270. The first-order valence-electron chi connectivity index (χ1n) is 10.4. The molecule has 2 aromatic carbocycles. The molecule has 0 spiro atoms. The minimum Gasteiger partial charge on any atom is -0.496 e. The molecule has 0 aliphatic rings. The SMILES string of the molecule is CCOc1ccc(-c2c(C)sc(NC(=O)/C(C#N)=C/c3ccccc3OC)c2C(=O)OC)cc1. The van der Waals surface area contributed by atoms with E-state index in [1.54, 1.807) is 24.3 Å². The van der Waals surface area contributed by atoms with Crippen molar-refractivity contribution < 1.29 is 23.8 Å². The van der Waals surface area contributed by atoms with Crippen LogP contribution in [0.2, 0.25) is 0 Å². The highest BCUT2D eigenvalue weighted by molar-refractivity contribution is 7.17. The minimum atomic E-state index is -0.641. The van der Waals surface area contributed by atoms with Crippen molar-refractivity contribution in [3.63, 3.8) is 0 Å². The molecule has 1 heterocycles. The van der Waals surface area contributed by atoms with Crippen LogP contribution in [0.25, 0.3) is 17.2 Å². The predicted molar refractivity (Wildman–Crippen MR) is 132 cm³/mol. The Morgan fingerprint density at radius 3 is 2.44 bits per heavy atom. The number of hydrogen-bond donors (Lipinski definition) is 1. The van der Waals surface area contributed by atoms with Gasteiger partial charge in [-0.2, -0.15) is 5.26 Å². The van der Waals surface area contributed by atoms with Gasteiger partial charge in [0.15, 0.2) is 0 Å². The maximum atomic E-state index is 13.0. The number of carbonyl (C=O) groups is 2. The number of rotatable bonds is 8. The minimum absolute atomic E-state index is 0.131. The first-order valence-corrected chi connectivity index (χ1v) is 11.3. The smallest absolute Gasteiger partial charge is 0.341 e. The van der Waals surface area contributed by atoms with Gasteiger partial charge in [-0.1, -0.05) is 30.3 Å². The Kier molecular flexibility index (Phi) is 8.06. The molecule has 0 saturated carbocycles. The molecule has 174 valence electrons. The first-order chi connectivity index (χ1) is 16.4. The molecule has 34 heavy (non-hydrogen) atoms. The summed E-state index contributed by atoms with van der Waals surface area (Å²) in [6.45, 7) is 4.30. The summed E-state index contributed by atoms with van der Waals surface area (Å²) in [6, 6.07) is 16.3. The zero-order chi connectivity index (χ0) is 24.7. The van der Waals surface area contributed by atoms with Crippen LogP contribution in [-0.4, -0.2) is 32.7 Å². The maximum Gasteiger partial charge on any atom is 0.341 e. The largest absolute Gasteiger partial charge is 0.496 e. The van der Waals surface area contributed by atoms with Crippen LogP contribution < -0.4 is 14.8 Å². The summed E-state index contributed by atoms with van der Waals surface area (Å²) in [5.41, 5.74) is 2.12. The fraction of sp³-hybridized carbons (Fsp3) is 0.192. The average Bonchev–Trinajstić information content (AvgIpc) is 3.18. The Morgan fingerprint density at radius 2 is 1.82 bits per heavy atom. The van der Waals surface area contributed by atoms with E-state index in [0.29, 0.717) is 34.2 Å². The fourth-order valence-corrected chi connectivity index (χ4v) is 4.48. The standard InChI is InChI=1S/C26H24N2O5S/c1-5-33-20-12-10-17(11-13-20)22-16(2)34-25(23(22)26(30)32-4)28-24(29)19(15-27)14-18-8-6-7-9-21(18)31-3/h6-14H,5H2,1-4H3,(H,28,29)/b19-14+. The Balaban J connectivity index is 2.00. The van der Waals surface area contributed by atoms with E-state index < -0.39 is 11.9 Å². The van der Waals surface area contributed by atoms with Crippen LogP contribution >= 0.6 is 11.3 Å². The van der Waals surface area contributed by atoms with Gasteiger partial charge < -0.3 is 19.5 Å². The lowest BCUT2D eigenvalue weighted by atomic mass is 10.0. The number of nitriles is 1. The van der Waals surface area contributed by atoms with Crippen LogP contribution in [0.5, 0.6) is 11.5 Å². The highest BCUT2D eigenvalue weighted by Crippen LogP contribution is 2.41. The van der Waals surface area contributed by atoms with E-state index in [9.17, 15) is 14.9 Å². The van der Waals surface area contributed by atoms with Gasteiger partial charge in [0.2, 0.25) is 0 Å². The molecule has 1 aromatic heterocycles. The van der Waals surface area contributed by atoms with Crippen LogP contribution in [0.4, 0.5) is 5.00 Å². The van der Waals surface area contributed by atoms with Gasteiger partial charge in [0.25, 0.3) is 5.91 Å². The third kappa shape index (κ3) is 5.27. The van der Waals surface area contributed by atoms with Crippen molar-refractivity contribution in [3.8, 4) is 28.7 Å². The zero-order valence-electron chi connectivity index (χ0n) is 19.3. The number of nitrogens with zero attached hydrogens (tertiary/aromatic N) is 1. The number of carbonyl (C=O) groups excluding carboxylic acids is 2. The monoisotopic (exact) mass is 476 g/mol. The number of ether oxygens (including phenoxy) is 3. The fourth-order valence-electron chi connectivity index (χ4n) is 3.42. The summed E-state index contributed by atoms with van der Waals surface area (Å²) in [7, 11) is 2.80. The summed E-state index contributed by atoms with van der Waals surface area (Å²) in [6.07, 6.45) is 1.44. The molecule has 0 unspecified atom stereocenters. The lowest BCUT2D eigenvalue weighted by Crippen LogP contribution is -2.15. The summed E-state index contributed by atoms with van der Waals surface area (Å²) < 4.78 is 15.8. The quantitative estimate of drug-likeness (QED) is 0.263. The normalized spacial score (nSPS) is 10.9. The topological polar surface area (TPSA) is 97.6 Å². The van der Waals surface area contributed by atoms with E-state index in [2.05, 4.69) is 5.32 Å². The Labute approximate surface area is 202 Å². The summed E-state index contributed by atoms with van der Waals surface area (Å²) >= 11 is 1.24. The number of methoxy groups -OCH3 is 2. The van der Waals surface area contributed by atoms with Crippen molar-refractivity contribution in [2.24, 2.45) is 0 Å². The van der Waals surface area contributed by atoms with E-state index in [4.69, 9.17) is 14.2 Å². The van der Waals surface area contributed by atoms with Crippen molar-refractivity contribution in [2.75, 3.05) is 26.1 Å². The molecule has 0 aliphatic carbocycles. The second-order valence-corrected chi connectivity index (χ2v) is 8.28. The number of aryl methyl sites for hydroxylation is 1. The average molecular weight is 477 g/mol. The van der Waals surface area contributed by atoms with Crippen LogP contribution in [0.3, 0.4) is 0 Å². The molecule has 0 fully saturated rings. The lowest BCUT2D eigenvalue weighted by Gasteiger charge is -2.09. The molecular weight excluding hydrogens is 452 g/mol. The second-order valence-electron chi connectivity index (χ2n) is 7.05. The van der Waals surface area contributed by atoms with Crippen molar-refractivity contribution in [1.82, 2.24) is 0 Å². The van der Waals surface area contributed by atoms with Crippen LogP contribution in [0, 0.1) is 18.3 Å². The van der Waals surface area contributed by atoms with Crippen molar-refractivity contribution in [3.05, 3.63) is 70.1 Å². The Hall–Kier alpha value is -4.09. The van der Waals surface area contributed by atoms with Crippen molar-refractivity contribution >= 4 is 34.3 Å². The van der Waals surface area contributed by atoms with Gasteiger partial charge in [-0.25, -0.2) is 4.79 Å². The number of nitrogens with one attached hydrogen (secondary N) is 1. The molecule has 0 aliphatic heterocycles. The molecule has 8 heteroatoms. The van der Waals surface area contributed by atoms with Gasteiger partial charge in [-0.15, -0.1) is 11.3 Å². The number of hydrogen-bond acceptors (Lipinski definition) is 7. The molecule has 1 amide bonds. The van der Waals surface area contributed by atoms with Crippen molar-refractivity contribution in [2.45, 2.75) is 13.8 Å². The van der Waals surface area contributed by atoms with Gasteiger partial charge in [-0.05, 0) is 43.7 Å². The molecule has 7 nitrogen and oxygen atoms in total. The number of amides is 1. The highest BCUT2D eigenvalue weighted by atomic mass is 32.1. The van der Waals surface area contributed by atoms with Gasteiger partial charge >= 0.3 is 5.97 Å². The molecule has 0 radical (unpaired) electrons. The number of para-hydroxylation sites is 1. The van der Waals surface area contributed by atoms with Crippen LogP contribution in [0.1, 0.15) is 27.7 Å². The number of thiophene rings is 1. The third-order valence-electron chi connectivity index (χ3n) is 4.96. The first kappa shape index (κ1) is 24.6. The second kappa shape index (κ2) is 11.2. The molecular formula is C26H24N2O5S. The van der Waals surface area contributed by atoms with Gasteiger partial charge in [0.1, 0.15) is 33.7 Å². The number of esters is 1. The van der Waals surface area contributed by atoms with Gasteiger partial charge in [0.05, 0.1) is 20.8 Å². The van der Waals surface area contributed by atoms with E-state index >= 15 is 0 Å². The maximum absolute atomic E-state index is 13.0. The zero-order valence-corrected chi connectivity index (χ0v) is 20.1. The molecule has 3 rings (SSSR count). The molecule has 0 atom stereocenters. The third-order valence-corrected chi connectivity index (χ3v) is 5.98. The lowest BCUT2D eigenvalue weighted by molar-refractivity contribution is -0.112. The van der Waals surface area contributed by atoms with Gasteiger partial charge in [-0.3, -0.25) is 4.79 Å². The molecule has 1 N–H and O–H groups in total. The van der Waals surface area contributed by atoms with E-state index in [1.165, 1.54) is 31.6 Å². The van der Waals surface area contributed by atoms with E-state index in [0.717, 1.165) is 10.4 Å². The summed E-state index contributed by atoms with van der Waals surface area (Å²) in [5.74, 6) is 0.0178. The van der Waals surface area contributed by atoms with Crippen LogP contribution in [0.15, 0.2) is 54.1 Å². The number of benzene rings is 2.